The van der Waals surface area contributed by atoms with E-state index in [1.807, 2.05) is 20.9 Å². The number of phenols is 3. The van der Waals surface area contributed by atoms with E-state index >= 15 is 0 Å². The molecular formula is C74H121N13O26. The number of amides is 1. The van der Waals surface area contributed by atoms with E-state index < -0.39 is 199 Å². The number of carbonyl (C=O) groups excluding carboxylic acids is 4. The summed E-state index contributed by atoms with van der Waals surface area (Å²) in [5.74, 6) is -9.38. The smallest absolute Gasteiger partial charge is 0.312 e. The van der Waals surface area contributed by atoms with Crippen LogP contribution in [0.15, 0.2) is 51.2 Å². The predicted molar refractivity (Wildman–Crippen MR) is 412 cm³/mol. The zero-order valence-electron chi connectivity index (χ0n) is 66.4. The second kappa shape index (κ2) is 41.8. The van der Waals surface area contributed by atoms with Crippen LogP contribution in [-0.4, -0.2) is 337 Å². The third kappa shape index (κ3) is 21.9. The fourth-order valence-electron chi connectivity index (χ4n) is 14.2. The first-order chi connectivity index (χ1) is 53.2. The number of allylic oxidation sites excluding steroid dienone is 2. The number of piperazine rings is 1. The van der Waals surface area contributed by atoms with Gasteiger partial charge in [-0.2, -0.15) is 5.10 Å². The number of carbonyl (C=O) groups is 4. The number of benzene rings is 2. The molecular weight excluding hydrogens is 1490 g/mol. The molecule has 26 N–H and O–H groups in total. The lowest BCUT2D eigenvalue weighted by molar-refractivity contribution is -0.314. The van der Waals surface area contributed by atoms with E-state index in [1.54, 1.807) is 44.9 Å². The number of anilines is 1. The Morgan fingerprint density at radius 3 is 1.89 bits per heavy atom. The number of methoxy groups -OCH3 is 1. The van der Waals surface area contributed by atoms with Crippen LogP contribution in [0.2, 0.25) is 0 Å². The molecule has 9 rings (SSSR count). The van der Waals surface area contributed by atoms with Crippen molar-refractivity contribution in [3.8, 4) is 23.0 Å². The number of nitrogens with zero attached hydrogens (tertiary/aromatic N) is 5. The number of hydrazone groups is 1. The van der Waals surface area contributed by atoms with Crippen LogP contribution >= 0.6 is 0 Å². The zero-order chi connectivity index (χ0) is 84.6. The number of phenolic OH excluding ortho intramolecular Hbond substituents is 3. The summed E-state index contributed by atoms with van der Waals surface area (Å²) in [7, 11) is 4.84. The number of likely N-dealkylation sites (N-methyl/N-ethyl adjacent to an activating group) is 2. The van der Waals surface area contributed by atoms with Gasteiger partial charge >= 0.3 is 11.8 Å². The zero-order valence-corrected chi connectivity index (χ0v) is 66.4. The highest BCUT2D eigenvalue weighted by Gasteiger charge is 2.61. The SMILES string of the molecule is CC[C@@H](CO)NCCN[C@@H](CC)CO.CN[C@@H]1[C@H](O[C@H]2[C@H](O[C@H]3[C@H](O)[C@@H](O)[C@H](N=C(N)N)[C@@H](O)[C@@H]3N=C(N)N)O[C@@H](C)[C@]2(O)C=O)O[C@@H](CO)[C@H](O)[C@H]1O.CO[C@H]1/C=C/O[C@@]2(C)Oc3c(C)c(O)c4c(O)c(c(/C=N\N5CCN(C)CC5)c(O)c4c3C2=O)NC(=O)/C(C)=C\C=C\[C@@H](C)[C@H](O)[C@@H](C)[C@H](O)[C@@H](C)[C@H](OC(C)=O)[C@@H]1C. The van der Waals surface area contributed by atoms with Crippen LogP contribution in [0.1, 0.15) is 104 Å². The van der Waals surface area contributed by atoms with Gasteiger partial charge in [0.1, 0.15) is 84.3 Å². The minimum atomic E-state index is -2.38. The van der Waals surface area contributed by atoms with Crippen molar-refractivity contribution in [1.29, 1.82) is 0 Å². The first-order valence-electron chi connectivity index (χ1n) is 37.6. The number of nitrogens with one attached hydrogen (secondary N) is 4. The number of ketones is 1. The summed E-state index contributed by atoms with van der Waals surface area (Å²) in [6, 6.07) is -3.68. The topological polar surface area (TPSA) is 621 Å². The maximum absolute atomic E-state index is 14.4. The summed E-state index contributed by atoms with van der Waals surface area (Å²) < 4.78 is 46.5. The number of nitrogens with two attached hydrogens (primary N) is 4. The van der Waals surface area contributed by atoms with Crippen molar-refractivity contribution in [1.82, 2.24) is 25.9 Å². The third-order valence-electron chi connectivity index (χ3n) is 21.6. The lowest BCUT2D eigenvalue weighted by atomic mass is 9.78. The Kier molecular flexibility index (Phi) is 34.9. The van der Waals surface area contributed by atoms with Gasteiger partial charge in [-0.25, -0.2) is 9.98 Å². The van der Waals surface area contributed by atoms with E-state index in [2.05, 4.69) is 41.3 Å². The van der Waals surface area contributed by atoms with E-state index in [1.165, 1.54) is 73.4 Å². The Balaban J connectivity index is 0.000000316. The highest BCUT2D eigenvalue weighted by atomic mass is 16.8. The molecule has 1 aliphatic carbocycles. The van der Waals surface area contributed by atoms with Gasteiger partial charge in [0.2, 0.25) is 0 Å². The second-order valence-electron chi connectivity index (χ2n) is 29.5. The first-order valence-corrected chi connectivity index (χ1v) is 37.6. The Labute approximate surface area is 656 Å². The summed E-state index contributed by atoms with van der Waals surface area (Å²) >= 11 is 0. The molecule has 638 valence electrons. The summed E-state index contributed by atoms with van der Waals surface area (Å²) in [5.41, 5.74) is 19.0. The molecule has 1 saturated carbocycles. The van der Waals surface area contributed by atoms with E-state index in [-0.39, 0.29) is 76.1 Å². The summed E-state index contributed by atoms with van der Waals surface area (Å²) in [6.07, 6.45) is -10.6. The standard InChI is InChI=1S/C43H58N4O12.C21H39N7O12.C10H24N2O2/c1-21-12-11-13-22(2)42(55)45-33-28(20-44-47-17-15-46(9)16-18-47)37(52)30-31(38(33)53)36(51)26(6)40-32(30)41(54)43(8,59-40)57-19-14-29(56-10)23(3)39(58-27(7)48)25(5)35(50)24(4)34(21)49;1-5-21(36,4-30)16(40-17-9(26-2)13(34)10(31)6(3-29)38-17)18(37-5)39-15-8(28-20(24)25)11(32)7(27-19(22)23)12(33)14(15)35;1-3-9(7-13)11-5-6-12-10(4-2)8-14/h11-14,19-21,23-25,29,34-35,39,49-53H,15-18H2,1-10H3,(H,45,55);4-18,26,29,31-36H,3H2,1-2H3,(H4,22,23,27)(H4,24,25,28);9-14H,3-8H2,1-2H3/b12-11+,19-14+,22-13-,44-20-;;/t21-,23-,24-,25-,29+,34+,35+,39-,43+;5-,6-,7+,8-,9-,10-,11+,12-,13-,14+,15+,16-,17-,18-,21+;9-,10-/m100/s1. The molecule has 4 fully saturated rings. The quantitative estimate of drug-likeness (QED) is 0.0101. The Morgan fingerprint density at radius 1 is 0.752 bits per heavy atom. The molecule has 2 aromatic rings. The van der Waals surface area contributed by atoms with Gasteiger partial charge < -0.3 is 158 Å². The molecule has 2 aromatic carbocycles. The van der Waals surface area contributed by atoms with E-state index in [4.69, 9.17) is 71.0 Å². The number of aliphatic imine (C=N–C) groups is 2. The van der Waals surface area contributed by atoms with Crippen molar-refractivity contribution in [2.24, 2.45) is 61.7 Å². The van der Waals surface area contributed by atoms with E-state index in [0.29, 0.717) is 13.1 Å². The first kappa shape index (κ1) is 94.3. The molecule has 6 heterocycles. The molecule has 0 unspecified atom stereocenters. The molecule has 113 heavy (non-hydrogen) atoms. The number of hydrogen-bond acceptors (Lipinski definition) is 34. The average Bonchev–Trinajstić information content (AvgIpc) is 1.60. The van der Waals surface area contributed by atoms with Crippen molar-refractivity contribution in [3.05, 3.63) is 52.8 Å². The fraction of sp³-hybridized carbons (Fsp3) is 0.689. The third-order valence-corrected chi connectivity index (χ3v) is 21.6. The number of hydrogen-bond donors (Lipinski definition) is 22. The molecule has 0 radical (unpaired) electrons. The summed E-state index contributed by atoms with van der Waals surface area (Å²) in [6.45, 7) is 21.8. The normalized spacial score (nSPS) is 35.4. The lowest BCUT2D eigenvalue weighted by Crippen LogP contribution is -2.66. The van der Waals surface area contributed by atoms with Crippen LogP contribution in [0.3, 0.4) is 0 Å². The number of esters is 1. The van der Waals surface area contributed by atoms with E-state index in [9.17, 15) is 80.5 Å². The van der Waals surface area contributed by atoms with E-state index in [0.717, 1.165) is 39.0 Å². The highest BCUT2D eigenvalue weighted by molar-refractivity contribution is 6.24. The molecule has 7 aliphatic rings. The van der Waals surface area contributed by atoms with Gasteiger partial charge in [-0.15, -0.1) is 0 Å². The number of guanidine groups is 2. The van der Waals surface area contributed by atoms with Crippen LogP contribution in [0.5, 0.6) is 23.0 Å². The number of fused-ring (bicyclic) bond motifs is 14. The Morgan fingerprint density at radius 2 is 1.35 bits per heavy atom. The predicted octanol–water partition coefficient (Wildman–Crippen LogP) is -4.12. The molecule has 0 aromatic heterocycles. The molecule has 5 bridgehead atoms. The Hall–Kier alpha value is -7.59. The largest absolute Gasteiger partial charge is 0.507 e. The molecule has 39 heteroatoms. The van der Waals surface area contributed by atoms with Crippen molar-refractivity contribution in [2.45, 2.75) is 223 Å². The van der Waals surface area contributed by atoms with Crippen LogP contribution in [0.25, 0.3) is 10.8 Å². The average molecular weight is 1610 g/mol. The molecule has 0 spiro atoms. The van der Waals surface area contributed by atoms with Crippen molar-refractivity contribution < 1.29 is 129 Å². The highest BCUT2D eigenvalue weighted by Crippen LogP contribution is 2.55. The van der Waals surface area contributed by atoms with Crippen molar-refractivity contribution >= 4 is 58.5 Å². The summed E-state index contributed by atoms with van der Waals surface area (Å²) in [4.78, 5) is 62.3. The molecule has 6 aliphatic heterocycles. The van der Waals surface area contributed by atoms with Gasteiger partial charge in [0.15, 0.2) is 42.1 Å². The molecule has 1 amide bonds. The maximum Gasteiger partial charge on any atom is 0.312 e. The van der Waals surface area contributed by atoms with Gasteiger partial charge in [-0.05, 0) is 53.8 Å². The number of aldehydes is 1. The lowest BCUT2D eigenvalue weighted by Gasteiger charge is -2.45. The van der Waals surface area contributed by atoms with Gasteiger partial charge in [-0.3, -0.25) is 24.2 Å². The van der Waals surface area contributed by atoms with Gasteiger partial charge in [0.25, 0.3) is 11.7 Å². The maximum atomic E-state index is 14.4. The van der Waals surface area contributed by atoms with Crippen LogP contribution < -0.4 is 48.9 Å². The van der Waals surface area contributed by atoms with Gasteiger partial charge in [0, 0.05) is 113 Å². The number of aliphatic hydroxyl groups excluding tert-OH is 10. The number of aliphatic hydroxyl groups is 11. The van der Waals surface area contributed by atoms with Gasteiger partial charge in [0.05, 0.1) is 85.0 Å². The van der Waals surface area contributed by atoms with Crippen molar-refractivity contribution in [3.63, 3.8) is 0 Å². The monoisotopic (exact) mass is 1610 g/mol. The minimum absolute atomic E-state index is 0.0559. The molecule has 26 atom stereocenters. The van der Waals surface area contributed by atoms with Crippen LogP contribution in [0.4, 0.5) is 5.69 Å². The number of rotatable bonds is 22. The summed E-state index contributed by atoms with van der Waals surface area (Å²) in [5, 5.41) is 168. The number of ether oxygens (including phenoxy) is 8. The number of Topliss-reactive ketones (excluding diaryl/α,β-unsaturated/α-hetero) is 1. The van der Waals surface area contributed by atoms with Crippen molar-refractivity contribution in [2.75, 3.05) is 85.6 Å². The number of aromatic hydroxyl groups is 3. The minimum Gasteiger partial charge on any atom is -0.507 e. The van der Waals surface area contributed by atoms with Crippen LogP contribution in [0, 0.1) is 30.6 Å². The fourth-order valence-corrected chi connectivity index (χ4v) is 14.2. The second-order valence-corrected chi connectivity index (χ2v) is 29.5. The van der Waals surface area contributed by atoms with Crippen LogP contribution in [-0.2, 0) is 47.5 Å². The van der Waals surface area contributed by atoms with Gasteiger partial charge in [-0.1, -0.05) is 59.8 Å². The molecule has 39 nitrogen and oxygen atoms in total. The Bertz CT molecular complexity index is 3670. The molecule has 3 saturated heterocycles.